The van der Waals surface area contributed by atoms with Crippen LogP contribution in [0.25, 0.3) is 0 Å². The normalized spacial score (nSPS) is 18.1. The van der Waals surface area contributed by atoms with E-state index >= 15 is 0 Å². The number of rotatable bonds is 7. The molecule has 1 heterocycles. The van der Waals surface area contributed by atoms with Gasteiger partial charge in [0, 0.05) is 0 Å². The maximum absolute atomic E-state index is 12.2. The zero-order chi connectivity index (χ0) is 19.1. The number of carbonyl (C=O) groups is 1. The molecule has 7 heteroatoms. The summed E-state index contributed by atoms with van der Waals surface area (Å²) in [5.41, 5.74) is 1.98. The first-order valence-corrected chi connectivity index (χ1v) is 9.50. The second-order valence-electron chi connectivity index (χ2n) is 5.80. The number of hydrogen-bond acceptors (Lipinski definition) is 6. The van der Waals surface area contributed by atoms with Gasteiger partial charge in [-0.2, -0.15) is 5.10 Å². The molecule has 1 saturated heterocycles. The van der Waals surface area contributed by atoms with Crippen molar-refractivity contribution in [1.29, 1.82) is 0 Å². The zero-order valence-corrected chi connectivity index (χ0v) is 16.0. The fourth-order valence-corrected chi connectivity index (χ4v) is 3.49. The van der Waals surface area contributed by atoms with E-state index in [-0.39, 0.29) is 11.2 Å². The molecule has 27 heavy (non-hydrogen) atoms. The Bertz CT molecular complexity index is 833. The lowest BCUT2D eigenvalue weighted by atomic mass is 10.1. The molecule has 1 amide bonds. The number of ether oxygens (including phenoxy) is 2. The van der Waals surface area contributed by atoms with E-state index in [0.717, 1.165) is 22.6 Å². The molecule has 0 aromatic heterocycles. The Hall–Kier alpha value is -2.80. The maximum atomic E-state index is 12.2. The molecule has 2 aromatic carbocycles. The summed E-state index contributed by atoms with van der Waals surface area (Å²) in [5.74, 6) is 1.57. The lowest BCUT2D eigenvalue weighted by Crippen LogP contribution is -2.25. The number of carbonyl (C=O) groups excluding carboxylic acids is 1. The van der Waals surface area contributed by atoms with Gasteiger partial charge in [-0.1, -0.05) is 23.9 Å². The summed E-state index contributed by atoms with van der Waals surface area (Å²) in [7, 11) is 1.62. The minimum absolute atomic E-state index is 0.0488. The zero-order valence-electron chi connectivity index (χ0n) is 15.2. The second kappa shape index (κ2) is 9.23. The lowest BCUT2D eigenvalue weighted by molar-refractivity contribution is -0.118. The monoisotopic (exact) mass is 383 g/mol. The molecule has 2 aromatic rings. The Morgan fingerprint density at radius 2 is 1.81 bits per heavy atom. The molecule has 1 fully saturated rings. The first kappa shape index (κ1) is 19.0. The number of thioether (sulfide) groups is 1. The Kier molecular flexibility index (Phi) is 6.49. The van der Waals surface area contributed by atoms with Crippen molar-refractivity contribution in [2.75, 3.05) is 13.7 Å². The molecule has 1 aliphatic heterocycles. The Morgan fingerprint density at radius 1 is 1.11 bits per heavy atom. The van der Waals surface area contributed by atoms with E-state index in [4.69, 9.17) is 9.47 Å². The average molecular weight is 383 g/mol. The van der Waals surface area contributed by atoms with Gasteiger partial charge in [-0.3, -0.25) is 4.79 Å². The molecule has 6 nitrogen and oxygen atoms in total. The first-order valence-electron chi connectivity index (χ1n) is 8.62. The van der Waals surface area contributed by atoms with Crippen LogP contribution in [0.4, 0.5) is 0 Å². The second-order valence-corrected chi connectivity index (χ2v) is 6.99. The van der Waals surface area contributed by atoms with Gasteiger partial charge in [0.05, 0.1) is 25.2 Å². The molecule has 1 aliphatic rings. The minimum atomic E-state index is -0.210. The van der Waals surface area contributed by atoms with Crippen LogP contribution < -0.4 is 14.8 Å². The highest BCUT2D eigenvalue weighted by molar-refractivity contribution is 8.15. The summed E-state index contributed by atoms with van der Waals surface area (Å²) in [6.07, 6.45) is 2.27. The van der Waals surface area contributed by atoms with Crippen LogP contribution in [0.15, 0.2) is 58.7 Å². The van der Waals surface area contributed by atoms with Crippen LogP contribution in [0.2, 0.25) is 0 Å². The number of methoxy groups -OCH3 is 1. The number of nitrogens with zero attached hydrogens (tertiary/aromatic N) is 2. The molecule has 0 unspecified atom stereocenters. The van der Waals surface area contributed by atoms with E-state index in [1.807, 2.05) is 55.5 Å². The number of benzene rings is 2. The summed E-state index contributed by atoms with van der Waals surface area (Å²) in [5, 5.41) is 11.2. The predicted octanol–water partition coefficient (Wildman–Crippen LogP) is 3.26. The number of nitrogens with one attached hydrogen (secondary N) is 1. The topological polar surface area (TPSA) is 72.3 Å². The summed E-state index contributed by atoms with van der Waals surface area (Å²) in [6, 6.07) is 15.3. The lowest BCUT2D eigenvalue weighted by Gasteiger charge is -2.07. The van der Waals surface area contributed by atoms with Gasteiger partial charge >= 0.3 is 0 Å². The molecule has 0 bridgehead atoms. The minimum Gasteiger partial charge on any atom is -0.497 e. The van der Waals surface area contributed by atoms with Crippen molar-refractivity contribution in [3.05, 3.63) is 59.7 Å². The fraction of sp³-hybridized carbons (Fsp3) is 0.250. The van der Waals surface area contributed by atoms with Crippen LogP contribution in [0.3, 0.4) is 0 Å². The van der Waals surface area contributed by atoms with Gasteiger partial charge in [0.25, 0.3) is 0 Å². The third-order valence-electron chi connectivity index (χ3n) is 3.90. The smallest absolute Gasteiger partial charge is 0.239 e. The summed E-state index contributed by atoms with van der Waals surface area (Å²) >= 11 is 1.39. The van der Waals surface area contributed by atoms with Crippen molar-refractivity contribution >= 4 is 29.1 Å². The van der Waals surface area contributed by atoms with E-state index in [0.29, 0.717) is 18.2 Å². The number of amides is 1. The van der Waals surface area contributed by atoms with Crippen LogP contribution in [0, 0.1) is 0 Å². The molecular weight excluding hydrogens is 362 g/mol. The Labute approximate surface area is 162 Å². The summed E-state index contributed by atoms with van der Waals surface area (Å²) in [6.45, 7) is 2.59. The van der Waals surface area contributed by atoms with Crippen LogP contribution in [-0.2, 0) is 11.2 Å². The third kappa shape index (κ3) is 5.34. The maximum Gasteiger partial charge on any atom is 0.239 e. The summed E-state index contributed by atoms with van der Waals surface area (Å²) in [4.78, 5) is 12.2. The third-order valence-corrected chi connectivity index (χ3v) is 4.98. The van der Waals surface area contributed by atoms with Gasteiger partial charge in [-0.15, -0.1) is 5.10 Å². The fourth-order valence-electron chi connectivity index (χ4n) is 2.53. The first-order chi connectivity index (χ1) is 13.2. The van der Waals surface area contributed by atoms with Gasteiger partial charge in [0.15, 0.2) is 5.17 Å². The highest BCUT2D eigenvalue weighted by Crippen LogP contribution is 2.24. The molecule has 1 N–H and O–H groups in total. The van der Waals surface area contributed by atoms with Gasteiger partial charge in [-0.05, 0) is 60.9 Å². The van der Waals surface area contributed by atoms with Gasteiger partial charge < -0.3 is 14.8 Å². The van der Waals surface area contributed by atoms with Gasteiger partial charge in [0.2, 0.25) is 5.91 Å². The van der Waals surface area contributed by atoms with Crippen molar-refractivity contribution in [3.8, 4) is 11.5 Å². The van der Waals surface area contributed by atoms with Crippen molar-refractivity contribution in [1.82, 2.24) is 5.32 Å². The van der Waals surface area contributed by atoms with E-state index in [2.05, 4.69) is 15.5 Å². The van der Waals surface area contributed by atoms with E-state index in [1.165, 1.54) is 11.8 Å². The van der Waals surface area contributed by atoms with Crippen LogP contribution in [0.5, 0.6) is 11.5 Å². The molecular formula is C20H21N3O3S. The number of hydrogen-bond donors (Lipinski definition) is 1. The highest BCUT2D eigenvalue weighted by atomic mass is 32.2. The average Bonchev–Trinajstić information content (AvgIpc) is 3.03. The largest absolute Gasteiger partial charge is 0.497 e. The van der Waals surface area contributed by atoms with E-state index < -0.39 is 0 Å². The molecule has 3 rings (SSSR count). The van der Waals surface area contributed by atoms with E-state index in [1.54, 1.807) is 13.3 Å². The molecule has 0 aliphatic carbocycles. The van der Waals surface area contributed by atoms with Crippen molar-refractivity contribution in [2.24, 2.45) is 10.2 Å². The van der Waals surface area contributed by atoms with Crippen molar-refractivity contribution in [2.45, 2.75) is 18.6 Å². The molecule has 140 valence electrons. The molecule has 0 spiro atoms. The van der Waals surface area contributed by atoms with Crippen LogP contribution >= 0.6 is 11.8 Å². The summed E-state index contributed by atoms with van der Waals surface area (Å²) < 4.78 is 10.6. The molecule has 0 saturated carbocycles. The quantitative estimate of drug-likeness (QED) is 0.588. The molecule has 0 radical (unpaired) electrons. The van der Waals surface area contributed by atoms with E-state index in [9.17, 15) is 4.79 Å². The number of amidine groups is 1. The van der Waals surface area contributed by atoms with Crippen molar-refractivity contribution < 1.29 is 14.3 Å². The molecule has 1 atom stereocenters. The van der Waals surface area contributed by atoms with Crippen LogP contribution in [-0.4, -0.2) is 36.3 Å². The van der Waals surface area contributed by atoms with Gasteiger partial charge in [0.1, 0.15) is 11.5 Å². The Balaban J connectivity index is 1.57. The van der Waals surface area contributed by atoms with Crippen LogP contribution in [0.1, 0.15) is 18.1 Å². The van der Waals surface area contributed by atoms with Crippen molar-refractivity contribution in [3.63, 3.8) is 0 Å². The Morgan fingerprint density at radius 3 is 2.48 bits per heavy atom. The van der Waals surface area contributed by atoms with Gasteiger partial charge in [-0.25, -0.2) is 0 Å². The predicted molar refractivity (Wildman–Crippen MR) is 109 cm³/mol. The highest BCUT2D eigenvalue weighted by Gasteiger charge is 2.30. The standard InChI is InChI=1S/C20H21N3O3S/c1-3-26-17-10-4-14(5-11-17)12-18-19(24)22-20(27-18)23-21-13-15-6-8-16(25-2)9-7-15/h4-11,13,18H,3,12H2,1-2H3,(H,22,23,24)/b21-13-/t18-/m0/s1. The SMILES string of the molecule is CCOc1ccc(C[C@@H]2S/C(=N/N=C\c3ccc(OC)cc3)NC2=O)cc1.